The zero-order valence-electron chi connectivity index (χ0n) is 13.2. The predicted octanol–water partition coefficient (Wildman–Crippen LogP) is 2.44. The molecule has 5 nitrogen and oxygen atoms in total. The van der Waals surface area contributed by atoms with Crippen molar-refractivity contribution in [3.8, 4) is 5.75 Å². The summed E-state index contributed by atoms with van der Waals surface area (Å²) in [6.07, 6.45) is 2.79. The first-order valence-electron chi connectivity index (χ1n) is 6.82. The van der Waals surface area contributed by atoms with E-state index < -0.39 is 9.84 Å². The summed E-state index contributed by atoms with van der Waals surface area (Å²) in [6.45, 7) is 2.54. The van der Waals surface area contributed by atoms with Crippen LogP contribution >= 0.6 is 0 Å². The van der Waals surface area contributed by atoms with Gasteiger partial charge in [0, 0.05) is 26.0 Å². The highest BCUT2D eigenvalue weighted by Gasteiger charge is 2.17. The second-order valence-electron chi connectivity index (χ2n) is 5.26. The van der Waals surface area contributed by atoms with Gasteiger partial charge in [0.15, 0.2) is 9.84 Å². The molecule has 0 fully saturated rings. The molecule has 1 aromatic carbocycles. The van der Waals surface area contributed by atoms with Crippen molar-refractivity contribution < 1.29 is 13.2 Å². The van der Waals surface area contributed by atoms with Crippen molar-refractivity contribution in [2.45, 2.75) is 18.4 Å². The molecule has 0 atom stereocenters. The number of anilines is 1. The summed E-state index contributed by atoms with van der Waals surface area (Å²) in [6, 6.07) is 9.11. The monoisotopic (exact) mass is 320 g/mol. The molecule has 2 rings (SSSR count). The Bertz CT molecular complexity index is 773. The Morgan fingerprint density at radius 3 is 2.59 bits per heavy atom. The SMILES string of the molecule is COc1ccc(CN(C)c2ncccc2S(C)(=O)=O)cc1C. The number of hydrogen-bond acceptors (Lipinski definition) is 5. The number of hydrogen-bond donors (Lipinski definition) is 0. The van der Waals surface area contributed by atoms with E-state index in [9.17, 15) is 8.42 Å². The molecule has 0 aliphatic rings. The van der Waals surface area contributed by atoms with Gasteiger partial charge >= 0.3 is 0 Å². The topological polar surface area (TPSA) is 59.5 Å². The number of aryl methyl sites for hydroxylation is 1. The summed E-state index contributed by atoms with van der Waals surface area (Å²) >= 11 is 0. The highest BCUT2D eigenvalue weighted by atomic mass is 32.2. The molecule has 0 saturated carbocycles. The number of pyridine rings is 1. The third-order valence-electron chi connectivity index (χ3n) is 3.39. The molecule has 0 aliphatic heterocycles. The molecule has 0 saturated heterocycles. The normalized spacial score (nSPS) is 11.3. The predicted molar refractivity (Wildman–Crippen MR) is 87.2 cm³/mol. The lowest BCUT2D eigenvalue weighted by Crippen LogP contribution is -2.20. The van der Waals surface area contributed by atoms with E-state index in [-0.39, 0.29) is 4.90 Å². The van der Waals surface area contributed by atoms with Crippen LogP contribution in [0.4, 0.5) is 5.82 Å². The summed E-state index contributed by atoms with van der Waals surface area (Å²) in [7, 11) is 0.155. The first kappa shape index (κ1) is 16.3. The lowest BCUT2D eigenvalue weighted by Gasteiger charge is -2.21. The summed E-state index contributed by atoms with van der Waals surface area (Å²) in [5, 5.41) is 0. The zero-order valence-corrected chi connectivity index (χ0v) is 14.0. The van der Waals surface area contributed by atoms with Crippen LogP contribution in [0.1, 0.15) is 11.1 Å². The molecule has 6 heteroatoms. The number of ether oxygens (including phenoxy) is 1. The highest BCUT2D eigenvalue weighted by molar-refractivity contribution is 7.90. The van der Waals surface area contributed by atoms with E-state index in [2.05, 4.69) is 4.98 Å². The number of rotatable bonds is 5. The van der Waals surface area contributed by atoms with Crippen LogP contribution in [0.15, 0.2) is 41.4 Å². The largest absolute Gasteiger partial charge is 0.496 e. The van der Waals surface area contributed by atoms with E-state index in [1.165, 1.54) is 6.26 Å². The molecule has 0 unspecified atom stereocenters. The van der Waals surface area contributed by atoms with Crippen LogP contribution in [-0.4, -0.2) is 33.8 Å². The fourth-order valence-corrected chi connectivity index (χ4v) is 3.21. The second-order valence-corrected chi connectivity index (χ2v) is 7.24. The average Bonchev–Trinajstić information content (AvgIpc) is 2.46. The third-order valence-corrected chi connectivity index (χ3v) is 4.51. The van der Waals surface area contributed by atoms with Crippen LogP contribution in [0.5, 0.6) is 5.75 Å². The second kappa shape index (κ2) is 6.36. The van der Waals surface area contributed by atoms with Crippen molar-refractivity contribution in [1.82, 2.24) is 4.98 Å². The lowest BCUT2D eigenvalue weighted by molar-refractivity contribution is 0.411. The maximum absolute atomic E-state index is 11.9. The molecular formula is C16H20N2O3S. The Labute approximate surface area is 131 Å². The fourth-order valence-electron chi connectivity index (χ4n) is 2.35. The van der Waals surface area contributed by atoms with Crippen LogP contribution in [0.3, 0.4) is 0 Å². The Morgan fingerprint density at radius 1 is 1.27 bits per heavy atom. The van der Waals surface area contributed by atoms with E-state index in [0.717, 1.165) is 16.9 Å². The van der Waals surface area contributed by atoms with Gasteiger partial charge in [-0.2, -0.15) is 0 Å². The van der Waals surface area contributed by atoms with Crippen LogP contribution in [0, 0.1) is 6.92 Å². The van der Waals surface area contributed by atoms with Crippen molar-refractivity contribution in [1.29, 1.82) is 0 Å². The first-order chi connectivity index (χ1) is 10.3. The summed E-state index contributed by atoms with van der Waals surface area (Å²) < 4.78 is 29.0. The van der Waals surface area contributed by atoms with E-state index in [0.29, 0.717) is 12.4 Å². The fraction of sp³-hybridized carbons (Fsp3) is 0.312. The molecule has 0 amide bonds. The Hall–Kier alpha value is -2.08. The highest BCUT2D eigenvalue weighted by Crippen LogP contribution is 2.24. The summed E-state index contributed by atoms with van der Waals surface area (Å²) in [5.74, 6) is 1.29. The molecule has 0 spiro atoms. The number of nitrogens with zero attached hydrogens (tertiary/aromatic N) is 2. The Kier molecular flexibility index (Phi) is 4.71. The van der Waals surface area contributed by atoms with Gasteiger partial charge in [0.25, 0.3) is 0 Å². The number of sulfone groups is 1. The minimum absolute atomic E-state index is 0.239. The van der Waals surface area contributed by atoms with E-state index in [4.69, 9.17) is 4.74 Å². The molecule has 0 bridgehead atoms. The number of methoxy groups -OCH3 is 1. The van der Waals surface area contributed by atoms with Gasteiger partial charge in [-0.3, -0.25) is 0 Å². The van der Waals surface area contributed by atoms with Gasteiger partial charge in [0.1, 0.15) is 16.5 Å². The molecule has 0 N–H and O–H groups in total. The van der Waals surface area contributed by atoms with Crippen LogP contribution in [-0.2, 0) is 16.4 Å². The Morgan fingerprint density at radius 2 is 2.00 bits per heavy atom. The first-order valence-corrected chi connectivity index (χ1v) is 8.72. The molecule has 118 valence electrons. The van der Waals surface area contributed by atoms with E-state index in [1.807, 2.05) is 37.1 Å². The molecule has 1 aromatic heterocycles. The molecule has 0 aliphatic carbocycles. The number of aromatic nitrogens is 1. The zero-order chi connectivity index (χ0) is 16.3. The van der Waals surface area contributed by atoms with Crippen LogP contribution in [0.25, 0.3) is 0 Å². The molecule has 0 radical (unpaired) electrons. The Balaban J connectivity index is 2.30. The van der Waals surface area contributed by atoms with Crippen molar-refractivity contribution in [3.63, 3.8) is 0 Å². The molecule has 22 heavy (non-hydrogen) atoms. The number of benzene rings is 1. The van der Waals surface area contributed by atoms with Gasteiger partial charge < -0.3 is 9.64 Å². The standard InChI is InChI=1S/C16H20N2O3S/c1-12-10-13(7-8-14(12)21-3)11-18(2)16-15(22(4,19)20)6-5-9-17-16/h5-10H,11H2,1-4H3. The minimum Gasteiger partial charge on any atom is -0.496 e. The van der Waals surface area contributed by atoms with Gasteiger partial charge in [-0.05, 0) is 36.2 Å². The van der Waals surface area contributed by atoms with Crippen LogP contribution < -0.4 is 9.64 Å². The minimum atomic E-state index is -3.31. The van der Waals surface area contributed by atoms with Gasteiger partial charge in [0.05, 0.1) is 7.11 Å². The quantitative estimate of drug-likeness (QED) is 0.847. The van der Waals surface area contributed by atoms with Crippen molar-refractivity contribution >= 4 is 15.7 Å². The molecular weight excluding hydrogens is 300 g/mol. The molecule has 1 heterocycles. The summed E-state index contributed by atoms with van der Waals surface area (Å²) in [5.41, 5.74) is 2.10. The van der Waals surface area contributed by atoms with Gasteiger partial charge in [-0.25, -0.2) is 13.4 Å². The van der Waals surface area contributed by atoms with Crippen LogP contribution in [0.2, 0.25) is 0 Å². The van der Waals surface area contributed by atoms with Crippen molar-refractivity contribution in [3.05, 3.63) is 47.7 Å². The summed E-state index contributed by atoms with van der Waals surface area (Å²) in [4.78, 5) is 6.29. The average molecular weight is 320 g/mol. The lowest BCUT2D eigenvalue weighted by atomic mass is 10.1. The van der Waals surface area contributed by atoms with E-state index >= 15 is 0 Å². The molecule has 2 aromatic rings. The van der Waals surface area contributed by atoms with Gasteiger partial charge in [-0.15, -0.1) is 0 Å². The van der Waals surface area contributed by atoms with E-state index in [1.54, 1.807) is 25.4 Å². The smallest absolute Gasteiger partial charge is 0.179 e. The van der Waals surface area contributed by atoms with Crippen molar-refractivity contribution in [2.24, 2.45) is 0 Å². The maximum atomic E-state index is 11.9. The maximum Gasteiger partial charge on any atom is 0.179 e. The van der Waals surface area contributed by atoms with Crippen molar-refractivity contribution in [2.75, 3.05) is 25.3 Å². The van der Waals surface area contributed by atoms with Gasteiger partial charge in [-0.1, -0.05) is 12.1 Å². The third kappa shape index (κ3) is 3.57. The van der Waals surface area contributed by atoms with Gasteiger partial charge in [0.2, 0.25) is 0 Å².